The van der Waals surface area contributed by atoms with Gasteiger partial charge < -0.3 is 20.1 Å². The average molecular weight is 347 g/mol. The SMILES string of the molecule is COc1ccc(C(=O)Nc2ccc3c(c2)NC(=O)C(C)O3)cc1Cl. The Bertz CT molecular complexity index is 822. The minimum Gasteiger partial charge on any atom is -0.495 e. The molecule has 0 fully saturated rings. The molecule has 1 aliphatic heterocycles. The molecule has 1 heterocycles. The van der Waals surface area contributed by atoms with Gasteiger partial charge >= 0.3 is 0 Å². The van der Waals surface area contributed by atoms with E-state index in [1.807, 2.05) is 0 Å². The van der Waals surface area contributed by atoms with Crippen LogP contribution in [0, 0.1) is 0 Å². The van der Waals surface area contributed by atoms with Gasteiger partial charge in [0, 0.05) is 11.3 Å². The fraction of sp³-hybridized carbons (Fsp3) is 0.176. The van der Waals surface area contributed by atoms with E-state index in [0.717, 1.165) is 0 Å². The molecule has 0 bridgehead atoms. The molecule has 1 aliphatic rings. The number of fused-ring (bicyclic) bond motifs is 1. The number of amides is 2. The highest BCUT2D eigenvalue weighted by Gasteiger charge is 2.23. The Balaban J connectivity index is 1.79. The molecule has 124 valence electrons. The zero-order chi connectivity index (χ0) is 17.3. The van der Waals surface area contributed by atoms with Crippen molar-refractivity contribution in [1.82, 2.24) is 0 Å². The predicted octanol–water partition coefficient (Wildman–Crippen LogP) is 3.32. The molecule has 0 saturated carbocycles. The minimum absolute atomic E-state index is 0.229. The molecule has 2 amide bonds. The van der Waals surface area contributed by atoms with Crippen LogP contribution in [-0.4, -0.2) is 25.0 Å². The topological polar surface area (TPSA) is 76.7 Å². The van der Waals surface area contributed by atoms with Gasteiger partial charge in [-0.15, -0.1) is 0 Å². The summed E-state index contributed by atoms with van der Waals surface area (Å²) in [5.41, 5.74) is 1.44. The highest BCUT2D eigenvalue weighted by molar-refractivity contribution is 6.32. The van der Waals surface area contributed by atoms with E-state index >= 15 is 0 Å². The van der Waals surface area contributed by atoms with Crippen LogP contribution >= 0.6 is 11.6 Å². The Kier molecular flexibility index (Phi) is 4.31. The molecule has 0 aromatic heterocycles. The highest BCUT2D eigenvalue weighted by Crippen LogP contribution is 2.32. The zero-order valence-corrected chi connectivity index (χ0v) is 13.8. The summed E-state index contributed by atoms with van der Waals surface area (Å²) in [7, 11) is 1.51. The third-order valence-corrected chi connectivity index (χ3v) is 3.88. The third kappa shape index (κ3) is 3.14. The Morgan fingerprint density at radius 1 is 1.29 bits per heavy atom. The van der Waals surface area contributed by atoms with Crippen molar-refractivity contribution >= 4 is 34.8 Å². The maximum Gasteiger partial charge on any atom is 0.265 e. The van der Waals surface area contributed by atoms with Gasteiger partial charge in [0.15, 0.2) is 6.10 Å². The third-order valence-electron chi connectivity index (χ3n) is 3.58. The number of hydrogen-bond acceptors (Lipinski definition) is 4. The molecule has 1 atom stereocenters. The van der Waals surface area contributed by atoms with Crippen LogP contribution < -0.4 is 20.1 Å². The number of carbonyl (C=O) groups excluding carboxylic acids is 2. The first-order chi connectivity index (χ1) is 11.5. The molecule has 24 heavy (non-hydrogen) atoms. The van der Waals surface area contributed by atoms with Crippen molar-refractivity contribution in [3.8, 4) is 11.5 Å². The van der Waals surface area contributed by atoms with Gasteiger partial charge in [-0.25, -0.2) is 0 Å². The van der Waals surface area contributed by atoms with Crippen molar-refractivity contribution in [2.24, 2.45) is 0 Å². The number of methoxy groups -OCH3 is 1. The monoisotopic (exact) mass is 346 g/mol. The fourth-order valence-electron chi connectivity index (χ4n) is 2.30. The summed E-state index contributed by atoms with van der Waals surface area (Å²) in [6.45, 7) is 1.67. The van der Waals surface area contributed by atoms with Crippen LogP contribution in [-0.2, 0) is 4.79 Å². The highest BCUT2D eigenvalue weighted by atomic mass is 35.5. The summed E-state index contributed by atoms with van der Waals surface area (Å²) >= 11 is 6.03. The van der Waals surface area contributed by atoms with E-state index in [0.29, 0.717) is 33.5 Å². The standard InChI is InChI=1S/C17H15ClN2O4/c1-9-16(21)20-13-8-11(4-6-15(13)24-9)19-17(22)10-3-5-14(23-2)12(18)7-10/h3-9H,1-2H3,(H,19,22)(H,20,21). The van der Waals surface area contributed by atoms with E-state index in [-0.39, 0.29) is 11.8 Å². The van der Waals surface area contributed by atoms with Gasteiger partial charge in [-0.3, -0.25) is 9.59 Å². The van der Waals surface area contributed by atoms with Gasteiger partial charge in [0.05, 0.1) is 17.8 Å². The maximum atomic E-state index is 12.3. The van der Waals surface area contributed by atoms with E-state index in [2.05, 4.69) is 10.6 Å². The van der Waals surface area contributed by atoms with Crippen LogP contribution in [0.3, 0.4) is 0 Å². The van der Waals surface area contributed by atoms with Crippen molar-refractivity contribution in [1.29, 1.82) is 0 Å². The molecule has 2 aromatic rings. The smallest absolute Gasteiger partial charge is 0.265 e. The molecule has 0 spiro atoms. The summed E-state index contributed by atoms with van der Waals surface area (Å²) in [5.74, 6) is 0.507. The van der Waals surface area contributed by atoms with Gasteiger partial charge in [-0.2, -0.15) is 0 Å². The van der Waals surface area contributed by atoms with Crippen LogP contribution in [0.5, 0.6) is 11.5 Å². The molecule has 0 aliphatic carbocycles. The number of anilines is 2. The van der Waals surface area contributed by atoms with Gasteiger partial charge in [0.2, 0.25) is 0 Å². The van der Waals surface area contributed by atoms with Crippen molar-refractivity contribution in [3.63, 3.8) is 0 Å². The van der Waals surface area contributed by atoms with E-state index in [9.17, 15) is 9.59 Å². The molecule has 2 N–H and O–H groups in total. The lowest BCUT2D eigenvalue weighted by atomic mass is 10.1. The number of benzene rings is 2. The Hall–Kier alpha value is -2.73. The van der Waals surface area contributed by atoms with Gasteiger partial charge in [-0.1, -0.05) is 11.6 Å². The number of halogens is 1. The fourth-order valence-corrected chi connectivity index (χ4v) is 2.56. The van der Waals surface area contributed by atoms with E-state index in [1.165, 1.54) is 13.2 Å². The molecule has 6 nitrogen and oxygen atoms in total. The number of carbonyl (C=O) groups is 2. The molecule has 1 unspecified atom stereocenters. The lowest BCUT2D eigenvalue weighted by Gasteiger charge is -2.23. The summed E-state index contributed by atoms with van der Waals surface area (Å²) in [6, 6.07) is 9.81. The first kappa shape index (κ1) is 16.1. The average Bonchev–Trinajstić information content (AvgIpc) is 2.56. The van der Waals surface area contributed by atoms with Crippen LogP contribution in [0.4, 0.5) is 11.4 Å². The minimum atomic E-state index is -0.542. The molecule has 2 aromatic carbocycles. The first-order valence-electron chi connectivity index (χ1n) is 7.24. The second kappa shape index (κ2) is 6.41. The van der Waals surface area contributed by atoms with Crippen LogP contribution in [0.1, 0.15) is 17.3 Å². The first-order valence-corrected chi connectivity index (χ1v) is 7.62. The van der Waals surface area contributed by atoms with Gasteiger partial charge in [0.25, 0.3) is 11.8 Å². The Labute approximate surface area is 143 Å². The van der Waals surface area contributed by atoms with Gasteiger partial charge in [0.1, 0.15) is 11.5 Å². The number of nitrogens with one attached hydrogen (secondary N) is 2. The Morgan fingerprint density at radius 2 is 2.08 bits per heavy atom. The van der Waals surface area contributed by atoms with Crippen molar-refractivity contribution in [2.45, 2.75) is 13.0 Å². The lowest BCUT2D eigenvalue weighted by molar-refractivity contribution is -0.122. The largest absolute Gasteiger partial charge is 0.495 e. The quantitative estimate of drug-likeness (QED) is 0.893. The van der Waals surface area contributed by atoms with Crippen molar-refractivity contribution in [3.05, 3.63) is 47.0 Å². The van der Waals surface area contributed by atoms with Gasteiger partial charge in [-0.05, 0) is 43.3 Å². The van der Waals surface area contributed by atoms with E-state index in [4.69, 9.17) is 21.1 Å². The number of hydrogen-bond donors (Lipinski definition) is 2. The second-order valence-corrected chi connectivity index (χ2v) is 5.67. The predicted molar refractivity (Wildman–Crippen MR) is 91.1 cm³/mol. The molecule has 3 rings (SSSR count). The normalized spacial score (nSPS) is 15.8. The number of rotatable bonds is 3. The molecule has 7 heteroatoms. The summed E-state index contributed by atoms with van der Waals surface area (Å²) in [4.78, 5) is 24.0. The summed E-state index contributed by atoms with van der Waals surface area (Å²) in [6.07, 6.45) is -0.542. The van der Waals surface area contributed by atoms with Crippen molar-refractivity contribution in [2.75, 3.05) is 17.7 Å². The van der Waals surface area contributed by atoms with Crippen LogP contribution in [0.25, 0.3) is 0 Å². The second-order valence-electron chi connectivity index (χ2n) is 5.26. The molecule has 0 radical (unpaired) electrons. The van der Waals surface area contributed by atoms with Crippen molar-refractivity contribution < 1.29 is 19.1 Å². The zero-order valence-electron chi connectivity index (χ0n) is 13.1. The maximum absolute atomic E-state index is 12.3. The van der Waals surface area contributed by atoms with E-state index < -0.39 is 6.10 Å². The molecule has 0 saturated heterocycles. The lowest BCUT2D eigenvalue weighted by Crippen LogP contribution is -2.34. The van der Waals surface area contributed by atoms with E-state index in [1.54, 1.807) is 37.3 Å². The van der Waals surface area contributed by atoms with Crippen LogP contribution in [0.2, 0.25) is 5.02 Å². The summed E-state index contributed by atoms with van der Waals surface area (Å²) < 4.78 is 10.5. The Morgan fingerprint density at radius 3 is 2.79 bits per heavy atom. The van der Waals surface area contributed by atoms with Crippen LogP contribution in [0.15, 0.2) is 36.4 Å². The molecular formula is C17H15ClN2O4. The molecular weight excluding hydrogens is 332 g/mol. The number of ether oxygens (including phenoxy) is 2. The summed E-state index contributed by atoms with van der Waals surface area (Å²) in [5, 5.41) is 5.84.